The van der Waals surface area contributed by atoms with Crippen molar-refractivity contribution in [3.8, 4) is 0 Å². The fourth-order valence-corrected chi connectivity index (χ4v) is 2.54. The van der Waals surface area contributed by atoms with Gasteiger partial charge in [-0.1, -0.05) is 0 Å². The number of rotatable bonds is 5. The molecule has 0 aliphatic carbocycles. The molecule has 2 rings (SSSR count). The number of carbonyl (C=O) groups excluding carboxylic acids is 1. The molecule has 0 aliphatic rings. The van der Waals surface area contributed by atoms with E-state index in [1.54, 1.807) is 24.3 Å². The normalized spacial score (nSPS) is 10.4. The molecule has 0 saturated carbocycles. The zero-order chi connectivity index (χ0) is 15.2. The molecule has 3 N–H and O–H groups in total. The molecule has 2 aromatic carbocycles. The molecule has 0 unspecified atom stereocenters. The zero-order valence-electron chi connectivity index (χ0n) is 11.1. The van der Waals surface area contributed by atoms with Crippen molar-refractivity contribution in [2.75, 3.05) is 16.8 Å². The summed E-state index contributed by atoms with van der Waals surface area (Å²) >= 11 is 1.11. The minimum atomic E-state index is -0.495. The number of thioether (sulfide) groups is 1. The number of nitrogens with two attached hydrogens (primary N) is 1. The van der Waals surface area contributed by atoms with Crippen LogP contribution in [0.2, 0.25) is 0 Å². The van der Waals surface area contributed by atoms with E-state index in [9.17, 15) is 13.6 Å². The zero-order valence-corrected chi connectivity index (χ0v) is 11.9. The summed E-state index contributed by atoms with van der Waals surface area (Å²) in [4.78, 5) is 11.9. The van der Waals surface area contributed by atoms with E-state index in [1.165, 1.54) is 0 Å². The minimum Gasteiger partial charge on any atom is -0.399 e. The summed E-state index contributed by atoms with van der Waals surface area (Å²) in [6.07, 6.45) is 0.199. The lowest BCUT2D eigenvalue weighted by atomic mass is 10.3. The summed E-state index contributed by atoms with van der Waals surface area (Å²) in [5.41, 5.74) is 6.81. The third-order valence-electron chi connectivity index (χ3n) is 2.67. The van der Waals surface area contributed by atoms with E-state index in [4.69, 9.17) is 5.73 Å². The van der Waals surface area contributed by atoms with Crippen LogP contribution in [0.4, 0.5) is 20.2 Å². The Hall–Kier alpha value is -2.08. The van der Waals surface area contributed by atoms with E-state index in [1.807, 2.05) is 0 Å². The molecule has 0 aliphatic heterocycles. The predicted molar refractivity (Wildman–Crippen MR) is 81.2 cm³/mol. The quantitative estimate of drug-likeness (QED) is 0.654. The molecule has 0 heterocycles. The lowest BCUT2D eigenvalue weighted by molar-refractivity contribution is -0.115. The van der Waals surface area contributed by atoms with Gasteiger partial charge in [-0.15, -0.1) is 11.8 Å². The fraction of sp³-hybridized carbons (Fsp3) is 0.133. The van der Waals surface area contributed by atoms with Crippen LogP contribution in [0.1, 0.15) is 6.42 Å². The fourth-order valence-electron chi connectivity index (χ4n) is 1.63. The standard InChI is InChI=1S/C15H14F2N2OS/c16-10-1-6-13(17)14(9-10)21-8-7-15(20)19-12-4-2-11(18)3-5-12/h1-6,9H,7-8,18H2,(H,19,20). The summed E-state index contributed by atoms with van der Waals surface area (Å²) in [6, 6.07) is 10.0. The molecule has 0 fully saturated rings. The molecule has 0 saturated heterocycles. The molecule has 1 amide bonds. The summed E-state index contributed by atoms with van der Waals surface area (Å²) in [7, 11) is 0. The van der Waals surface area contributed by atoms with Crippen molar-refractivity contribution in [2.24, 2.45) is 0 Å². The lowest BCUT2D eigenvalue weighted by Gasteiger charge is -2.06. The molecule has 2 aromatic rings. The Balaban J connectivity index is 1.81. The van der Waals surface area contributed by atoms with Crippen molar-refractivity contribution in [3.63, 3.8) is 0 Å². The number of amides is 1. The largest absolute Gasteiger partial charge is 0.399 e. The number of halogens is 2. The topological polar surface area (TPSA) is 55.1 Å². The van der Waals surface area contributed by atoms with Crippen molar-refractivity contribution in [2.45, 2.75) is 11.3 Å². The van der Waals surface area contributed by atoms with Crippen LogP contribution in [0.3, 0.4) is 0 Å². The Bertz CT molecular complexity index is 632. The summed E-state index contributed by atoms with van der Waals surface area (Å²) in [5.74, 6) is -0.809. The van der Waals surface area contributed by atoms with E-state index >= 15 is 0 Å². The smallest absolute Gasteiger partial charge is 0.225 e. The van der Waals surface area contributed by atoms with Crippen molar-refractivity contribution >= 4 is 29.0 Å². The van der Waals surface area contributed by atoms with Crippen molar-refractivity contribution in [3.05, 3.63) is 54.1 Å². The van der Waals surface area contributed by atoms with Crippen LogP contribution in [0, 0.1) is 11.6 Å². The highest BCUT2D eigenvalue weighted by Crippen LogP contribution is 2.23. The number of carbonyl (C=O) groups is 1. The number of hydrogen-bond donors (Lipinski definition) is 2. The maximum absolute atomic E-state index is 13.4. The van der Waals surface area contributed by atoms with E-state index in [0.29, 0.717) is 17.1 Å². The number of nitrogen functional groups attached to an aromatic ring is 1. The second-order valence-electron chi connectivity index (χ2n) is 4.34. The Kier molecular flexibility index (Phi) is 5.16. The van der Waals surface area contributed by atoms with Gasteiger partial charge in [-0.2, -0.15) is 0 Å². The van der Waals surface area contributed by atoms with Gasteiger partial charge >= 0.3 is 0 Å². The average Bonchev–Trinajstić information content (AvgIpc) is 2.45. The highest BCUT2D eigenvalue weighted by molar-refractivity contribution is 7.99. The molecule has 3 nitrogen and oxygen atoms in total. The van der Waals surface area contributed by atoms with Gasteiger partial charge < -0.3 is 11.1 Å². The van der Waals surface area contributed by atoms with Gasteiger partial charge in [0, 0.05) is 28.4 Å². The Morgan fingerprint density at radius 1 is 1.14 bits per heavy atom. The Labute approximate surface area is 125 Å². The first-order valence-corrected chi connectivity index (χ1v) is 7.26. The molecule has 0 spiro atoms. The maximum Gasteiger partial charge on any atom is 0.225 e. The van der Waals surface area contributed by atoms with Gasteiger partial charge in [0.1, 0.15) is 11.6 Å². The van der Waals surface area contributed by atoms with E-state index in [0.717, 1.165) is 30.0 Å². The monoisotopic (exact) mass is 308 g/mol. The van der Waals surface area contributed by atoms with Gasteiger partial charge in [-0.05, 0) is 42.5 Å². The molecule has 0 aromatic heterocycles. The molecular formula is C15H14F2N2OS. The Morgan fingerprint density at radius 2 is 1.86 bits per heavy atom. The van der Waals surface area contributed by atoms with Gasteiger partial charge in [0.2, 0.25) is 5.91 Å². The van der Waals surface area contributed by atoms with E-state index < -0.39 is 11.6 Å². The first kappa shape index (κ1) is 15.3. The van der Waals surface area contributed by atoms with Crippen LogP contribution < -0.4 is 11.1 Å². The van der Waals surface area contributed by atoms with Crippen molar-refractivity contribution < 1.29 is 13.6 Å². The van der Waals surface area contributed by atoms with Crippen LogP contribution in [-0.2, 0) is 4.79 Å². The molecular weight excluding hydrogens is 294 g/mol. The third kappa shape index (κ3) is 4.75. The third-order valence-corrected chi connectivity index (χ3v) is 3.71. The SMILES string of the molecule is Nc1ccc(NC(=O)CCSc2cc(F)ccc2F)cc1. The van der Waals surface area contributed by atoms with E-state index in [2.05, 4.69) is 5.32 Å². The molecule has 6 heteroatoms. The summed E-state index contributed by atoms with van der Waals surface area (Å²) in [5, 5.41) is 2.71. The second kappa shape index (κ2) is 7.08. The lowest BCUT2D eigenvalue weighted by Crippen LogP contribution is -2.12. The van der Waals surface area contributed by atoms with E-state index in [-0.39, 0.29) is 17.2 Å². The molecule has 110 valence electrons. The first-order valence-electron chi connectivity index (χ1n) is 6.28. The Morgan fingerprint density at radius 3 is 2.57 bits per heavy atom. The number of nitrogens with one attached hydrogen (secondary N) is 1. The van der Waals surface area contributed by atoms with Crippen molar-refractivity contribution in [1.29, 1.82) is 0 Å². The summed E-state index contributed by atoms with van der Waals surface area (Å²) < 4.78 is 26.4. The molecule has 0 bridgehead atoms. The van der Waals surface area contributed by atoms with Crippen LogP contribution in [0.5, 0.6) is 0 Å². The van der Waals surface area contributed by atoms with Gasteiger partial charge in [0.25, 0.3) is 0 Å². The number of benzene rings is 2. The maximum atomic E-state index is 13.4. The van der Waals surface area contributed by atoms with Gasteiger partial charge in [0.15, 0.2) is 0 Å². The molecule has 21 heavy (non-hydrogen) atoms. The van der Waals surface area contributed by atoms with Gasteiger partial charge in [0.05, 0.1) is 0 Å². The highest BCUT2D eigenvalue weighted by atomic mass is 32.2. The van der Waals surface area contributed by atoms with Gasteiger partial charge in [-0.25, -0.2) is 8.78 Å². The van der Waals surface area contributed by atoms with Crippen LogP contribution in [0.25, 0.3) is 0 Å². The minimum absolute atomic E-state index is 0.191. The number of hydrogen-bond acceptors (Lipinski definition) is 3. The molecule has 0 atom stereocenters. The van der Waals surface area contributed by atoms with Crippen LogP contribution in [-0.4, -0.2) is 11.7 Å². The average molecular weight is 308 g/mol. The predicted octanol–water partition coefficient (Wildman–Crippen LogP) is 3.67. The van der Waals surface area contributed by atoms with Crippen molar-refractivity contribution in [1.82, 2.24) is 0 Å². The van der Waals surface area contributed by atoms with Crippen LogP contribution in [0.15, 0.2) is 47.4 Å². The first-order chi connectivity index (χ1) is 10.0. The highest BCUT2D eigenvalue weighted by Gasteiger charge is 2.07. The second-order valence-corrected chi connectivity index (χ2v) is 5.48. The van der Waals surface area contributed by atoms with Gasteiger partial charge in [-0.3, -0.25) is 4.79 Å². The summed E-state index contributed by atoms with van der Waals surface area (Å²) in [6.45, 7) is 0. The number of anilines is 2. The van der Waals surface area contributed by atoms with Crippen LogP contribution >= 0.6 is 11.8 Å². The molecule has 0 radical (unpaired) electrons.